The van der Waals surface area contributed by atoms with Crippen LogP contribution in [0.1, 0.15) is 28.1 Å². The molecule has 0 amide bonds. The van der Waals surface area contributed by atoms with E-state index in [2.05, 4.69) is 30.2 Å². The summed E-state index contributed by atoms with van der Waals surface area (Å²) in [5.41, 5.74) is 2.31. The molecule has 0 unspecified atom stereocenters. The van der Waals surface area contributed by atoms with Crippen LogP contribution in [0.15, 0.2) is 43.0 Å². The summed E-state index contributed by atoms with van der Waals surface area (Å²) in [4.78, 5) is 18.7. The molecule has 2 N–H and O–H groups in total. The maximum Gasteiger partial charge on any atom is 0.433 e. The van der Waals surface area contributed by atoms with Crippen molar-refractivity contribution in [2.24, 2.45) is 0 Å². The second-order valence-corrected chi connectivity index (χ2v) is 6.72. The quantitative estimate of drug-likeness (QED) is 0.372. The summed E-state index contributed by atoms with van der Waals surface area (Å²) in [7, 11) is 0. The average molecular weight is 416 g/mol. The fraction of sp³-hybridized carbons (Fsp3) is 0.200. The van der Waals surface area contributed by atoms with Crippen molar-refractivity contribution in [2.75, 3.05) is 5.32 Å². The lowest BCUT2D eigenvalue weighted by molar-refractivity contribution is -0.141. The lowest BCUT2D eigenvalue weighted by Gasteiger charge is -2.09. The molecule has 4 aromatic heterocycles. The van der Waals surface area contributed by atoms with Crippen molar-refractivity contribution in [1.82, 2.24) is 24.9 Å². The Balaban J connectivity index is 1.45. The van der Waals surface area contributed by atoms with Gasteiger partial charge in [-0.1, -0.05) is 12.1 Å². The molecule has 0 atom stereocenters. The van der Waals surface area contributed by atoms with Crippen LogP contribution in [-0.4, -0.2) is 24.9 Å². The molecule has 0 aliphatic heterocycles. The zero-order chi connectivity index (χ0) is 21.3. The number of fused-ring (bicyclic) bond motifs is 1. The SMILES string of the molecule is Cc1ncnc2[nH]cc(Cc3ccc(NCc4ccc(C(F)(F)F)nc4)nc3F)c12. The van der Waals surface area contributed by atoms with Gasteiger partial charge in [0.2, 0.25) is 5.95 Å². The highest BCUT2D eigenvalue weighted by Crippen LogP contribution is 2.27. The molecule has 0 saturated heterocycles. The average Bonchev–Trinajstić information content (AvgIpc) is 3.12. The number of H-pyrrole nitrogens is 1. The lowest BCUT2D eigenvalue weighted by Crippen LogP contribution is -2.09. The lowest BCUT2D eigenvalue weighted by atomic mass is 10.1. The first-order chi connectivity index (χ1) is 14.3. The first-order valence-electron chi connectivity index (χ1n) is 9.00. The number of halogens is 4. The second-order valence-electron chi connectivity index (χ2n) is 6.72. The Hall–Kier alpha value is -3.56. The summed E-state index contributed by atoms with van der Waals surface area (Å²) in [5, 5.41) is 3.74. The number of aryl methyl sites for hydroxylation is 1. The van der Waals surface area contributed by atoms with Crippen LogP contribution in [0.2, 0.25) is 0 Å². The highest BCUT2D eigenvalue weighted by atomic mass is 19.4. The topological polar surface area (TPSA) is 79.4 Å². The van der Waals surface area contributed by atoms with Gasteiger partial charge >= 0.3 is 6.18 Å². The number of hydrogen-bond acceptors (Lipinski definition) is 5. The first kappa shape index (κ1) is 19.7. The molecule has 0 saturated carbocycles. The number of pyridine rings is 2. The van der Waals surface area contributed by atoms with Crippen LogP contribution in [0.5, 0.6) is 0 Å². The number of nitrogens with one attached hydrogen (secondary N) is 2. The van der Waals surface area contributed by atoms with Crippen LogP contribution < -0.4 is 5.32 Å². The Kier molecular flexibility index (Phi) is 5.06. The van der Waals surface area contributed by atoms with Crippen LogP contribution in [0, 0.1) is 12.9 Å². The van der Waals surface area contributed by atoms with Crippen LogP contribution in [0.25, 0.3) is 11.0 Å². The first-order valence-corrected chi connectivity index (χ1v) is 9.00. The Morgan fingerprint density at radius 3 is 2.57 bits per heavy atom. The molecule has 6 nitrogen and oxygen atoms in total. The third-order valence-electron chi connectivity index (χ3n) is 4.64. The maximum atomic E-state index is 14.5. The molecule has 4 aromatic rings. The van der Waals surface area contributed by atoms with E-state index in [-0.39, 0.29) is 12.4 Å². The van der Waals surface area contributed by atoms with E-state index in [1.165, 1.54) is 12.4 Å². The zero-order valence-corrected chi connectivity index (χ0v) is 15.8. The van der Waals surface area contributed by atoms with Crippen molar-refractivity contribution in [1.29, 1.82) is 0 Å². The Morgan fingerprint density at radius 1 is 1.03 bits per heavy atom. The molecule has 0 bridgehead atoms. The normalized spacial score (nSPS) is 11.8. The number of alkyl halides is 3. The van der Waals surface area contributed by atoms with Gasteiger partial charge in [0.25, 0.3) is 0 Å². The Morgan fingerprint density at radius 2 is 1.87 bits per heavy atom. The molecule has 4 rings (SSSR count). The smallest absolute Gasteiger partial charge is 0.366 e. The van der Waals surface area contributed by atoms with E-state index in [1.807, 2.05) is 6.92 Å². The van der Waals surface area contributed by atoms with Gasteiger partial charge in [-0.3, -0.25) is 4.98 Å². The van der Waals surface area contributed by atoms with Gasteiger partial charge in [-0.25, -0.2) is 15.0 Å². The van der Waals surface area contributed by atoms with Gasteiger partial charge in [0.15, 0.2) is 0 Å². The molecule has 0 spiro atoms. The largest absolute Gasteiger partial charge is 0.433 e. The van der Waals surface area contributed by atoms with Crippen LogP contribution >= 0.6 is 0 Å². The van der Waals surface area contributed by atoms with Gasteiger partial charge in [0.05, 0.1) is 5.69 Å². The van der Waals surface area contributed by atoms with Crippen molar-refractivity contribution in [3.63, 3.8) is 0 Å². The van der Waals surface area contributed by atoms with Crippen LogP contribution in [0.4, 0.5) is 23.4 Å². The second kappa shape index (κ2) is 7.69. The van der Waals surface area contributed by atoms with E-state index in [9.17, 15) is 17.6 Å². The van der Waals surface area contributed by atoms with E-state index >= 15 is 0 Å². The highest BCUT2D eigenvalue weighted by Gasteiger charge is 2.31. The summed E-state index contributed by atoms with van der Waals surface area (Å²) >= 11 is 0. The van der Waals surface area contributed by atoms with Gasteiger partial charge in [-0.05, 0) is 30.2 Å². The number of hydrogen-bond donors (Lipinski definition) is 2. The molecule has 4 heterocycles. The van der Waals surface area contributed by atoms with Crippen molar-refractivity contribution < 1.29 is 17.6 Å². The molecule has 30 heavy (non-hydrogen) atoms. The summed E-state index contributed by atoms with van der Waals surface area (Å²) in [6.45, 7) is 2.02. The van der Waals surface area contributed by atoms with Crippen molar-refractivity contribution >= 4 is 16.9 Å². The van der Waals surface area contributed by atoms with Crippen molar-refractivity contribution in [3.05, 3.63) is 77.0 Å². The monoisotopic (exact) mass is 416 g/mol. The predicted molar refractivity (Wildman–Crippen MR) is 102 cm³/mol. The Bertz CT molecular complexity index is 1180. The zero-order valence-electron chi connectivity index (χ0n) is 15.8. The molecule has 0 fully saturated rings. The fourth-order valence-electron chi connectivity index (χ4n) is 3.12. The van der Waals surface area contributed by atoms with E-state index in [1.54, 1.807) is 18.3 Å². The third-order valence-corrected chi connectivity index (χ3v) is 4.64. The van der Waals surface area contributed by atoms with Crippen molar-refractivity contribution in [3.8, 4) is 0 Å². The van der Waals surface area contributed by atoms with Crippen LogP contribution in [-0.2, 0) is 19.1 Å². The molecule has 154 valence electrons. The van der Waals surface area contributed by atoms with E-state index < -0.39 is 17.8 Å². The molecule has 0 aliphatic carbocycles. The van der Waals surface area contributed by atoms with E-state index in [4.69, 9.17) is 0 Å². The molecule has 0 aliphatic rings. The van der Waals surface area contributed by atoms with Gasteiger partial charge in [0.1, 0.15) is 23.5 Å². The number of aromatic amines is 1. The number of nitrogens with zero attached hydrogens (tertiary/aromatic N) is 4. The molecular formula is C20H16F4N6. The van der Waals surface area contributed by atoms with E-state index in [0.717, 1.165) is 28.9 Å². The predicted octanol–water partition coefficient (Wildman–Crippen LogP) is 4.42. The minimum Gasteiger partial charge on any atom is -0.366 e. The molecular weight excluding hydrogens is 400 g/mol. The van der Waals surface area contributed by atoms with Gasteiger partial charge in [-0.15, -0.1) is 0 Å². The van der Waals surface area contributed by atoms with Crippen LogP contribution in [0.3, 0.4) is 0 Å². The summed E-state index contributed by atoms with van der Waals surface area (Å²) in [5.74, 6) is -0.357. The number of aromatic nitrogens is 5. The Labute approximate surface area is 168 Å². The summed E-state index contributed by atoms with van der Waals surface area (Å²) in [6, 6.07) is 5.46. The van der Waals surface area contributed by atoms with Gasteiger partial charge in [0, 0.05) is 36.3 Å². The van der Waals surface area contributed by atoms with Crippen molar-refractivity contribution in [2.45, 2.75) is 26.1 Å². The summed E-state index contributed by atoms with van der Waals surface area (Å²) in [6.07, 6.45) is 0.197. The standard InChI is InChI=1S/C20H16F4N6/c1-11-17-14(9-27-19(17)29-10-28-11)6-13-3-5-16(30-18(13)21)26-8-12-2-4-15(25-7-12)20(22,23)24/h2-5,7,9-10H,6,8H2,1H3,(H,26,30)(H,27,28,29). The fourth-order valence-corrected chi connectivity index (χ4v) is 3.12. The molecule has 10 heteroatoms. The van der Waals surface area contributed by atoms with Gasteiger partial charge in [-0.2, -0.15) is 17.6 Å². The maximum absolute atomic E-state index is 14.5. The third kappa shape index (κ3) is 4.07. The minimum absolute atomic E-state index is 0.163. The number of rotatable bonds is 5. The minimum atomic E-state index is -4.48. The highest BCUT2D eigenvalue weighted by molar-refractivity contribution is 5.82. The number of anilines is 1. The summed E-state index contributed by atoms with van der Waals surface area (Å²) < 4.78 is 52.2. The van der Waals surface area contributed by atoms with E-state index in [0.29, 0.717) is 23.2 Å². The van der Waals surface area contributed by atoms with Gasteiger partial charge < -0.3 is 10.3 Å². The molecule has 0 aromatic carbocycles. The molecule has 0 radical (unpaired) electrons.